The number of fused-ring (bicyclic) bond motifs is 2. The van der Waals surface area contributed by atoms with Gasteiger partial charge in [-0.15, -0.1) is 0 Å². The zero-order chi connectivity index (χ0) is 17.3. The molecule has 1 aromatic heterocycles. The van der Waals surface area contributed by atoms with Crippen LogP contribution in [0.1, 0.15) is 53.7 Å². The molecule has 25 heavy (non-hydrogen) atoms. The molecular weight excluding hydrogens is 312 g/mol. The number of benzene rings is 1. The van der Waals surface area contributed by atoms with Gasteiger partial charge < -0.3 is 10.2 Å². The Morgan fingerprint density at radius 2 is 2.04 bits per heavy atom. The van der Waals surface area contributed by atoms with Gasteiger partial charge >= 0.3 is 0 Å². The van der Waals surface area contributed by atoms with E-state index < -0.39 is 0 Å². The minimum atomic E-state index is -0.0715. The highest BCUT2D eigenvalue weighted by atomic mass is 16.1. The molecule has 1 aliphatic heterocycles. The van der Waals surface area contributed by atoms with Gasteiger partial charge in [0.25, 0.3) is 5.91 Å². The van der Waals surface area contributed by atoms with Crippen molar-refractivity contribution in [1.82, 2.24) is 20.4 Å². The number of carbonyl (C=O) groups is 1. The Morgan fingerprint density at radius 1 is 1.24 bits per heavy atom. The molecule has 1 aromatic carbocycles. The lowest BCUT2D eigenvalue weighted by Crippen LogP contribution is -2.42. The van der Waals surface area contributed by atoms with Crippen molar-refractivity contribution in [2.45, 2.75) is 37.6 Å². The average molecular weight is 336 g/mol. The van der Waals surface area contributed by atoms with Crippen molar-refractivity contribution in [1.29, 1.82) is 0 Å². The molecule has 1 amide bonds. The van der Waals surface area contributed by atoms with E-state index in [1.807, 2.05) is 0 Å². The van der Waals surface area contributed by atoms with Gasteiger partial charge in [-0.1, -0.05) is 31.2 Å². The fraction of sp³-hybridized carbons (Fsp3) is 0.450. The molecule has 0 radical (unpaired) electrons. The van der Waals surface area contributed by atoms with Gasteiger partial charge in [-0.05, 0) is 56.1 Å². The van der Waals surface area contributed by atoms with E-state index in [9.17, 15) is 4.79 Å². The van der Waals surface area contributed by atoms with Crippen LogP contribution in [0.15, 0.2) is 42.7 Å². The van der Waals surface area contributed by atoms with Crippen molar-refractivity contribution in [3.05, 3.63) is 59.4 Å². The molecule has 130 valence electrons. The van der Waals surface area contributed by atoms with Crippen LogP contribution in [-0.2, 0) is 5.41 Å². The second-order valence-electron chi connectivity index (χ2n) is 7.16. The van der Waals surface area contributed by atoms with Gasteiger partial charge in [0.05, 0.1) is 24.0 Å². The van der Waals surface area contributed by atoms with Gasteiger partial charge in [-0.25, -0.2) is 0 Å². The van der Waals surface area contributed by atoms with E-state index in [1.165, 1.54) is 30.2 Å². The van der Waals surface area contributed by atoms with Gasteiger partial charge in [0.15, 0.2) is 0 Å². The van der Waals surface area contributed by atoms with Gasteiger partial charge in [0, 0.05) is 5.41 Å². The van der Waals surface area contributed by atoms with E-state index >= 15 is 0 Å². The summed E-state index contributed by atoms with van der Waals surface area (Å²) in [5, 5.41) is 10.8. The first kappa shape index (κ1) is 16.2. The van der Waals surface area contributed by atoms with E-state index in [4.69, 9.17) is 0 Å². The summed E-state index contributed by atoms with van der Waals surface area (Å²) in [6.45, 7) is 5.62. The van der Waals surface area contributed by atoms with Gasteiger partial charge in [0.2, 0.25) is 0 Å². The number of nitrogens with one attached hydrogen (secondary N) is 1. The molecule has 1 unspecified atom stereocenters. The summed E-state index contributed by atoms with van der Waals surface area (Å²) in [4.78, 5) is 15.1. The Hall–Kier alpha value is -2.27. The molecule has 2 aromatic rings. The number of likely N-dealkylation sites (tertiary alicyclic amines) is 1. The number of nitrogens with zero attached hydrogens (tertiary/aromatic N) is 3. The number of rotatable bonds is 3. The lowest BCUT2D eigenvalue weighted by atomic mass is 9.73. The third-order valence-corrected chi connectivity index (χ3v) is 5.91. The zero-order valence-electron chi connectivity index (χ0n) is 14.6. The maximum Gasteiger partial charge on any atom is 0.253 e. The van der Waals surface area contributed by atoms with Crippen LogP contribution in [0.4, 0.5) is 0 Å². The van der Waals surface area contributed by atoms with Crippen molar-refractivity contribution >= 4 is 5.91 Å². The van der Waals surface area contributed by atoms with E-state index in [0.717, 1.165) is 26.1 Å². The predicted molar refractivity (Wildman–Crippen MR) is 96.3 cm³/mol. The first-order valence-electron chi connectivity index (χ1n) is 9.11. The molecule has 4 rings (SSSR count). The molecule has 1 aliphatic carbocycles. The molecule has 2 heterocycles. The molecule has 0 saturated carbocycles. The molecule has 2 aliphatic rings. The van der Waals surface area contributed by atoms with Crippen molar-refractivity contribution < 1.29 is 4.79 Å². The summed E-state index contributed by atoms with van der Waals surface area (Å²) in [5.74, 6) is -0.0715. The smallest absolute Gasteiger partial charge is 0.253 e. The Balaban J connectivity index is 1.58. The summed E-state index contributed by atoms with van der Waals surface area (Å²) < 4.78 is 0. The maximum atomic E-state index is 12.6. The number of hydrogen-bond acceptors (Lipinski definition) is 4. The largest absolute Gasteiger partial charge is 0.345 e. The van der Waals surface area contributed by atoms with Crippen LogP contribution in [0.25, 0.3) is 0 Å². The standard InChI is InChI=1S/C20H24N4O/c1-2-24-11-8-20(9-12-24)13-18(16-5-3-4-6-17(16)20)23-19(25)15-7-10-21-22-14-15/h3-7,10,14,18H,2,8-9,11-13H2,1H3,(H,23,25). The number of aromatic nitrogens is 2. The lowest BCUT2D eigenvalue weighted by Gasteiger charge is -2.40. The van der Waals surface area contributed by atoms with Crippen LogP contribution in [-0.4, -0.2) is 40.6 Å². The molecule has 1 fully saturated rings. The van der Waals surface area contributed by atoms with Gasteiger partial charge in [0.1, 0.15) is 0 Å². The van der Waals surface area contributed by atoms with E-state index in [-0.39, 0.29) is 17.4 Å². The third kappa shape index (κ3) is 2.93. The Bertz CT molecular complexity index is 753. The Morgan fingerprint density at radius 3 is 2.76 bits per heavy atom. The van der Waals surface area contributed by atoms with Gasteiger partial charge in [-0.2, -0.15) is 10.2 Å². The molecule has 5 nitrogen and oxygen atoms in total. The fourth-order valence-electron chi connectivity index (χ4n) is 4.46. The second-order valence-corrected chi connectivity index (χ2v) is 7.16. The fourth-order valence-corrected chi connectivity index (χ4v) is 4.46. The maximum absolute atomic E-state index is 12.6. The third-order valence-electron chi connectivity index (χ3n) is 5.91. The topological polar surface area (TPSA) is 58.1 Å². The normalized spacial score (nSPS) is 21.9. The van der Waals surface area contributed by atoms with Crippen molar-refractivity contribution in [2.75, 3.05) is 19.6 Å². The molecule has 1 N–H and O–H groups in total. The highest BCUT2D eigenvalue weighted by molar-refractivity contribution is 5.94. The molecular formula is C20H24N4O. The molecule has 1 atom stereocenters. The van der Waals surface area contributed by atoms with Crippen LogP contribution in [0.2, 0.25) is 0 Å². The first-order chi connectivity index (χ1) is 12.2. The SMILES string of the molecule is CCN1CCC2(CC1)CC(NC(=O)c1ccnnc1)c1ccccc12. The Kier molecular flexibility index (Phi) is 4.25. The van der Waals surface area contributed by atoms with Crippen molar-refractivity contribution in [3.63, 3.8) is 0 Å². The molecule has 1 saturated heterocycles. The monoisotopic (exact) mass is 336 g/mol. The van der Waals surface area contributed by atoms with Crippen LogP contribution in [0.3, 0.4) is 0 Å². The average Bonchev–Trinajstić information content (AvgIpc) is 2.97. The minimum absolute atomic E-state index is 0.0715. The van der Waals surface area contributed by atoms with Crippen LogP contribution in [0.5, 0.6) is 0 Å². The second kappa shape index (κ2) is 6.56. The molecule has 0 bridgehead atoms. The molecule has 5 heteroatoms. The lowest BCUT2D eigenvalue weighted by molar-refractivity contribution is 0.0925. The van der Waals surface area contributed by atoms with Crippen LogP contribution >= 0.6 is 0 Å². The van der Waals surface area contributed by atoms with Crippen molar-refractivity contribution in [3.8, 4) is 0 Å². The highest BCUT2D eigenvalue weighted by Gasteiger charge is 2.45. The number of hydrogen-bond donors (Lipinski definition) is 1. The number of carbonyl (C=O) groups excluding carboxylic acids is 1. The van der Waals surface area contributed by atoms with E-state index in [0.29, 0.717) is 5.56 Å². The summed E-state index contributed by atoms with van der Waals surface area (Å²) in [6, 6.07) is 10.4. The number of amides is 1. The van der Waals surface area contributed by atoms with E-state index in [2.05, 4.69) is 51.6 Å². The van der Waals surface area contributed by atoms with Crippen LogP contribution < -0.4 is 5.32 Å². The summed E-state index contributed by atoms with van der Waals surface area (Å²) in [5.41, 5.74) is 3.48. The zero-order valence-corrected chi connectivity index (χ0v) is 14.6. The summed E-state index contributed by atoms with van der Waals surface area (Å²) >= 11 is 0. The predicted octanol–water partition coefficient (Wildman–Crippen LogP) is 2.70. The Labute approximate surface area is 148 Å². The first-order valence-corrected chi connectivity index (χ1v) is 9.11. The number of piperidine rings is 1. The summed E-state index contributed by atoms with van der Waals surface area (Å²) in [6.07, 6.45) is 6.40. The van der Waals surface area contributed by atoms with Crippen LogP contribution in [0, 0.1) is 0 Å². The quantitative estimate of drug-likeness (QED) is 0.936. The summed E-state index contributed by atoms with van der Waals surface area (Å²) in [7, 11) is 0. The van der Waals surface area contributed by atoms with E-state index in [1.54, 1.807) is 12.3 Å². The minimum Gasteiger partial charge on any atom is -0.345 e. The van der Waals surface area contributed by atoms with Crippen molar-refractivity contribution in [2.24, 2.45) is 0 Å². The van der Waals surface area contributed by atoms with Gasteiger partial charge in [-0.3, -0.25) is 4.79 Å². The molecule has 1 spiro atoms. The highest BCUT2D eigenvalue weighted by Crippen LogP contribution is 2.50.